The van der Waals surface area contributed by atoms with Gasteiger partial charge in [-0.1, -0.05) is 6.92 Å². The van der Waals surface area contributed by atoms with Crippen molar-refractivity contribution in [2.45, 2.75) is 38.2 Å². The van der Waals surface area contributed by atoms with E-state index in [2.05, 4.69) is 16.9 Å². The Bertz CT molecular complexity index is 532. The molecule has 1 unspecified atom stereocenters. The van der Waals surface area contributed by atoms with Crippen LogP contribution in [0.4, 0.5) is 0 Å². The fraction of sp³-hybridized carbons (Fsp3) is 0.688. The molecular weight excluding hydrogens is 266 g/mol. The number of aliphatic hydroxyl groups is 1. The highest BCUT2D eigenvalue weighted by Gasteiger charge is 2.35. The van der Waals surface area contributed by atoms with E-state index >= 15 is 0 Å². The maximum absolute atomic E-state index is 12.6. The predicted molar refractivity (Wildman–Crippen MR) is 81.3 cm³/mol. The molecule has 1 aromatic rings. The van der Waals surface area contributed by atoms with Crippen LogP contribution in [0.1, 0.15) is 47.9 Å². The summed E-state index contributed by atoms with van der Waals surface area (Å²) in [6.07, 6.45) is 3.39. The maximum Gasteiger partial charge on any atom is 0.270 e. The summed E-state index contributed by atoms with van der Waals surface area (Å²) in [5, 5.41) is 10.7. The Morgan fingerprint density at radius 1 is 1.38 bits per heavy atom. The summed E-state index contributed by atoms with van der Waals surface area (Å²) >= 11 is 0. The van der Waals surface area contributed by atoms with Crippen LogP contribution in [-0.4, -0.2) is 59.0 Å². The van der Waals surface area contributed by atoms with Crippen LogP contribution < -0.4 is 0 Å². The molecule has 21 heavy (non-hydrogen) atoms. The van der Waals surface area contributed by atoms with Crippen molar-refractivity contribution in [3.05, 3.63) is 23.0 Å². The van der Waals surface area contributed by atoms with E-state index in [-0.39, 0.29) is 5.91 Å². The molecule has 2 aliphatic rings. The van der Waals surface area contributed by atoms with Crippen molar-refractivity contribution >= 4 is 5.91 Å². The van der Waals surface area contributed by atoms with E-state index in [1.807, 2.05) is 17.9 Å². The van der Waals surface area contributed by atoms with Crippen LogP contribution in [0.15, 0.2) is 6.07 Å². The number of piperazine rings is 1. The third-order valence-electron chi connectivity index (χ3n) is 5.01. The first-order chi connectivity index (χ1) is 10.0. The van der Waals surface area contributed by atoms with Gasteiger partial charge in [0.25, 0.3) is 5.91 Å². The average Bonchev–Trinajstić information content (AvgIpc) is 2.93. The SMILES string of the molecule is CCC1(O)CCCc2cc(C(=O)N3CCN(C)CC3)[nH]c21. The van der Waals surface area contributed by atoms with Crippen molar-refractivity contribution in [2.24, 2.45) is 0 Å². The lowest BCUT2D eigenvalue weighted by atomic mass is 9.82. The number of fused-ring (bicyclic) bond motifs is 1. The van der Waals surface area contributed by atoms with Gasteiger partial charge in [-0.05, 0) is 44.4 Å². The smallest absolute Gasteiger partial charge is 0.270 e. The predicted octanol–water partition coefficient (Wildman–Crippen LogP) is 1.34. The number of nitrogens with zero attached hydrogens (tertiary/aromatic N) is 2. The van der Waals surface area contributed by atoms with E-state index in [0.717, 1.165) is 56.7 Å². The molecule has 1 saturated heterocycles. The number of hydrogen-bond donors (Lipinski definition) is 2. The zero-order valence-corrected chi connectivity index (χ0v) is 13.0. The quantitative estimate of drug-likeness (QED) is 0.864. The second-order valence-electron chi connectivity index (χ2n) is 6.42. The van der Waals surface area contributed by atoms with Crippen molar-refractivity contribution in [3.8, 4) is 0 Å². The first-order valence-electron chi connectivity index (χ1n) is 7.96. The molecule has 1 atom stereocenters. The second-order valence-corrected chi connectivity index (χ2v) is 6.42. The van der Waals surface area contributed by atoms with Crippen molar-refractivity contribution in [2.75, 3.05) is 33.2 Å². The molecular formula is C16H25N3O2. The Balaban J connectivity index is 1.82. The minimum absolute atomic E-state index is 0.0657. The Morgan fingerprint density at radius 3 is 2.76 bits per heavy atom. The number of carbonyl (C=O) groups is 1. The van der Waals surface area contributed by atoms with Gasteiger partial charge in [0.05, 0.1) is 5.69 Å². The molecule has 1 fully saturated rings. The van der Waals surface area contributed by atoms with Crippen molar-refractivity contribution in [3.63, 3.8) is 0 Å². The molecule has 2 N–H and O–H groups in total. The average molecular weight is 291 g/mol. The lowest BCUT2D eigenvalue weighted by molar-refractivity contribution is 0.0110. The van der Waals surface area contributed by atoms with Crippen LogP contribution in [0.3, 0.4) is 0 Å². The summed E-state index contributed by atoms with van der Waals surface area (Å²) in [4.78, 5) is 20.0. The first kappa shape index (κ1) is 14.6. The van der Waals surface area contributed by atoms with E-state index in [1.165, 1.54) is 0 Å². The normalized spacial score (nSPS) is 26.7. The minimum atomic E-state index is -0.784. The molecule has 5 heteroatoms. The van der Waals surface area contributed by atoms with Gasteiger partial charge in [0.2, 0.25) is 0 Å². The molecule has 0 radical (unpaired) electrons. The largest absolute Gasteiger partial charge is 0.384 e. The van der Waals surface area contributed by atoms with E-state index in [1.54, 1.807) is 0 Å². The third-order valence-corrected chi connectivity index (χ3v) is 5.01. The fourth-order valence-electron chi connectivity index (χ4n) is 3.45. The van der Waals surface area contributed by atoms with Gasteiger partial charge in [-0.2, -0.15) is 0 Å². The number of amides is 1. The van der Waals surface area contributed by atoms with Gasteiger partial charge in [0, 0.05) is 26.2 Å². The van der Waals surface area contributed by atoms with E-state index < -0.39 is 5.60 Å². The van der Waals surface area contributed by atoms with E-state index in [9.17, 15) is 9.90 Å². The molecule has 1 aliphatic heterocycles. The zero-order chi connectivity index (χ0) is 15.0. The van der Waals surface area contributed by atoms with Crippen molar-refractivity contribution in [1.29, 1.82) is 0 Å². The van der Waals surface area contributed by atoms with Gasteiger partial charge < -0.3 is 19.9 Å². The Morgan fingerprint density at radius 2 is 2.10 bits per heavy atom. The molecule has 2 heterocycles. The number of nitrogens with one attached hydrogen (secondary N) is 1. The summed E-state index contributed by atoms with van der Waals surface area (Å²) in [5.74, 6) is 0.0657. The topological polar surface area (TPSA) is 59.6 Å². The number of likely N-dealkylation sites (N-methyl/N-ethyl adjacent to an activating group) is 1. The highest BCUT2D eigenvalue weighted by atomic mass is 16.3. The lowest BCUT2D eigenvalue weighted by Gasteiger charge is -2.32. The van der Waals surface area contributed by atoms with E-state index in [0.29, 0.717) is 12.1 Å². The van der Waals surface area contributed by atoms with Crippen molar-refractivity contribution < 1.29 is 9.90 Å². The van der Waals surface area contributed by atoms with Crippen LogP contribution in [0.5, 0.6) is 0 Å². The maximum atomic E-state index is 12.6. The van der Waals surface area contributed by atoms with Gasteiger partial charge in [-0.15, -0.1) is 0 Å². The minimum Gasteiger partial charge on any atom is -0.384 e. The number of hydrogen-bond acceptors (Lipinski definition) is 3. The first-order valence-corrected chi connectivity index (χ1v) is 7.96. The highest BCUT2D eigenvalue weighted by molar-refractivity contribution is 5.93. The number of aromatic nitrogens is 1. The van der Waals surface area contributed by atoms with Gasteiger partial charge in [0.1, 0.15) is 11.3 Å². The summed E-state index contributed by atoms with van der Waals surface area (Å²) in [6.45, 7) is 5.39. The van der Waals surface area contributed by atoms with Crippen LogP contribution >= 0.6 is 0 Å². The second kappa shape index (κ2) is 5.46. The molecule has 1 aromatic heterocycles. The van der Waals surface area contributed by atoms with Crippen molar-refractivity contribution in [1.82, 2.24) is 14.8 Å². The molecule has 0 saturated carbocycles. The lowest BCUT2D eigenvalue weighted by Crippen LogP contribution is -2.47. The van der Waals surface area contributed by atoms with E-state index in [4.69, 9.17) is 0 Å². The van der Waals surface area contributed by atoms with Gasteiger partial charge >= 0.3 is 0 Å². The standard InChI is InChI=1S/C16H25N3O2/c1-3-16(21)6-4-5-12-11-13(17-14(12)16)15(20)19-9-7-18(2)8-10-19/h11,17,21H,3-10H2,1-2H3. The van der Waals surface area contributed by atoms with Crippen LogP contribution in [0, 0.1) is 0 Å². The summed E-state index contributed by atoms with van der Waals surface area (Å²) < 4.78 is 0. The number of aryl methyl sites for hydroxylation is 1. The van der Waals surface area contributed by atoms with Gasteiger partial charge in [-0.25, -0.2) is 0 Å². The van der Waals surface area contributed by atoms with Crippen LogP contribution in [0.25, 0.3) is 0 Å². The Labute approximate surface area is 125 Å². The molecule has 1 aliphatic carbocycles. The number of H-pyrrole nitrogens is 1. The Kier molecular flexibility index (Phi) is 3.80. The van der Waals surface area contributed by atoms with Crippen LogP contribution in [-0.2, 0) is 12.0 Å². The summed E-state index contributed by atoms with van der Waals surface area (Å²) in [7, 11) is 2.08. The molecule has 0 bridgehead atoms. The van der Waals surface area contributed by atoms with Crippen LogP contribution in [0.2, 0.25) is 0 Å². The Hall–Kier alpha value is -1.33. The molecule has 116 valence electrons. The molecule has 0 aromatic carbocycles. The fourth-order valence-corrected chi connectivity index (χ4v) is 3.45. The molecule has 5 nitrogen and oxygen atoms in total. The number of rotatable bonds is 2. The highest BCUT2D eigenvalue weighted by Crippen LogP contribution is 2.37. The summed E-state index contributed by atoms with van der Waals surface area (Å²) in [5.41, 5.74) is 1.84. The molecule has 0 spiro atoms. The van der Waals surface area contributed by atoms with Gasteiger partial charge in [0.15, 0.2) is 0 Å². The number of carbonyl (C=O) groups excluding carboxylic acids is 1. The monoisotopic (exact) mass is 291 g/mol. The zero-order valence-electron chi connectivity index (χ0n) is 13.0. The van der Waals surface area contributed by atoms with Gasteiger partial charge in [-0.3, -0.25) is 4.79 Å². The number of aromatic amines is 1. The molecule has 3 rings (SSSR count). The summed E-state index contributed by atoms with van der Waals surface area (Å²) in [6, 6.07) is 1.95. The third kappa shape index (κ3) is 2.60. The molecule has 1 amide bonds.